The minimum absolute atomic E-state index is 0.0712. The molecule has 0 saturated heterocycles. The molecule has 2 rings (SSSR count). The van der Waals surface area contributed by atoms with Crippen molar-refractivity contribution in [2.45, 2.75) is 6.42 Å². The number of hydrogen-bond acceptors (Lipinski definition) is 3. The first kappa shape index (κ1) is 6.15. The highest BCUT2D eigenvalue weighted by Gasteiger charge is 2.18. The summed E-state index contributed by atoms with van der Waals surface area (Å²) in [4.78, 5) is 14.6. The van der Waals surface area contributed by atoms with Crippen molar-refractivity contribution in [2.75, 3.05) is 5.32 Å². The third-order valence-electron chi connectivity index (χ3n) is 1.56. The zero-order valence-electron chi connectivity index (χ0n) is 5.66. The number of aromatic hydroxyl groups is 1. The number of anilines is 1. The van der Waals surface area contributed by atoms with E-state index in [4.69, 9.17) is 5.11 Å². The molecule has 2 N–H and O–H groups in total. The van der Waals surface area contributed by atoms with Gasteiger partial charge in [0.1, 0.15) is 11.6 Å². The number of fused-ring (bicyclic) bond motifs is 1. The quantitative estimate of drug-likeness (QED) is 0.558. The zero-order valence-corrected chi connectivity index (χ0v) is 5.66. The van der Waals surface area contributed by atoms with Crippen molar-refractivity contribution in [3.8, 4) is 5.75 Å². The molecule has 0 radical (unpaired) electrons. The first-order valence-electron chi connectivity index (χ1n) is 3.23. The van der Waals surface area contributed by atoms with Gasteiger partial charge in [0, 0.05) is 5.56 Å². The molecule has 0 unspecified atom stereocenters. The van der Waals surface area contributed by atoms with Gasteiger partial charge >= 0.3 is 0 Å². The van der Waals surface area contributed by atoms with Crippen molar-refractivity contribution < 1.29 is 9.90 Å². The maximum Gasteiger partial charge on any atom is 0.230 e. The van der Waals surface area contributed by atoms with Gasteiger partial charge in [0.25, 0.3) is 0 Å². The molecule has 1 aliphatic heterocycles. The van der Waals surface area contributed by atoms with E-state index in [0.29, 0.717) is 12.2 Å². The number of amides is 1. The van der Waals surface area contributed by atoms with Crippen LogP contribution in [0.4, 0.5) is 5.82 Å². The summed E-state index contributed by atoms with van der Waals surface area (Å²) in [6.07, 6.45) is 1.63. The Hall–Kier alpha value is -1.58. The minimum Gasteiger partial charge on any atom is -0.506 e. The van der Waals surface area contributed by atoms with Crippen LogP contribution < -0.4 is 5.32 Å². The van der Waals surface area contributed by atoms with E-state index < -0.39 is 0 Å². The Kier molecular flexibility index (Phi) is 1.09. The van der Waals surface area contributed by atoms with Gasteiger partial charge in [-0.3, -0.25) is 4.79 Å². The molecule has 0 spiro atoms. The molecule has 4 nitrogen and oxygen atoms in total. The van der Waals surface area contributed by atoms with Gasteiger partial charge in [0.05, 0.1) is 12.6 Å². The SMILES string of the molecule is O=C1Cc2cc(O)cnc2N1. The van der Waals surface area contributed by atoms with E-state index in [1.165, 1.54) is 6.20 Å². The van der Waals surface area contributed by atoms with Crippen molar-refractivity contribution in [3.63, 3.8) is 0 Å². The smallest absolute Gasteiger partial charge is 0.230 e. The fourth-order valence-electron chi connectivity index (χ4n) is 1.09. The topological polar surface area (TPSA) is 62.2 Å². The van der Waals surface area contributed by atoms with E-state index in [0.717, 1.165) is 5.56 Å². The van der Waals surface area contributed by atoms with Crippen molar-refractivity contribution >= 4 is 11.7 Å². The van der Waals surface area contributed by atoms with Gasteiger partial charge in [-0.15, -0.1) is 0 Å². The average Bonchev–Trinajstić information content (AvgIpc) is 2.27. The number of rotatable bonds is 0. The van der Waals surface area contributed by atoms with Crippen molar-refractivity contribution in [1.82, 2.24) is 4.98 Å². The molecule has 0 fully saturated rings. The number of nitrogens with one attached hydrogen (secondary N) is 1. The lowest BCUT2D eigenvalue weighted by atomic mass is 10.2. The van der Waals surface area contributed by atoms with Crippen LogP contribution in [0.3, 0.4) is 0 Å². The Morgan fingerprint density at radius 1 is 1.64 bits per heavy atom. The third-order valence-corrected chi connectivity index (χ3v) is 1.56. The van der Waals surface area contributed by atoms with Crippen LogP contribution in [0.2, 0.25) is 0 Å². The van der Waals surface area contributed by atoms with Crippen LogP contribution in [0, 0.1) is 0 Å². The average molecular weight is 150 g/mol. The number of carbonyl (C=O) groups is 1. The molecule has 11 heavy (non-hydrogen) atoms. The van der Waals surface area contributed by atoms with Gasteiger partial charge in [-0.2, -0.15) is 0 Å². The van der Waals surface area contributed by atoms with Crippen molar-refractivity contribution in [2.24, 2.45) is 0 Å². The van der Waals surface area contributed by atoms with E-state index in [2.05, 4.69) is 10.3 Å². The van der Waals surface area contributed by atoms with Crippen molar-refractivity contribution in [3.05, 3.63) is 17.8 Å². The Balaban J connectivity index is 2.51. The first-order chi connectivity index (χ1) is 5.25. The molecule has 1 aromatic rings. The highest BCUT2D eigenvalue weighted by Crippen LogP contribution is 2.22. The third kappa shape index (κ3) is 0.920. The predicted molar refractivity (Wildman–Crippen MR) is 38.2 cm³/mol. The van der Waals surface area contributed by atoms with Crippen molar-refractivity contribution in [1.29, 1.82) is 0 Å². The summed E-state index contributed by atoms with van der Waals surface area (Å²) >= 11 is 0. The first-order valence-corrected chi connectivity index (χ1v) is 3.23. The van der Waals surface area contributed by atoms with Crippen LogP contribution in [0.25, 0.3) is 0 Å². The fourth-order valence-corrected chi connectivity index (χ4v) is 1.09. The molecule has 56 valence electrons. The molecular formula is C7H6N2O2. The van der Waals surface area contributed by atoms with Gasteiger partial charge in [0.2, 0.25) is 5.91 Å². The largest absolute Gasteiger partial charge is 0.506 e. The van der Waals surface area contributed by atoms with Gasteiger partial charge < -0.3 is 10.4 Å². The van der Waals surface area contributed by atoms with Gasteiger partial charge in [-0.25, -0.2) is 4.98 Å². The summed E-state index contributed by atoms with van der Waals surface area (Å²) in [5.41, 5.74) is 0.759. The summed E-state index contributed by atoms with van der Waals surface area (Å²) in [6.45, 7) is 0. The highest BCUT2D eigenvalue weighted by molar-refractivity contribution is 5.97. The van der Waals surface area contributed by atoms with Crippen LogP contribution in [-0.4, -0.2) is 16.0 Å². The van der Waals surface area contributed by atoms with E-state index in [-0.39, 0.29) is 11.7 Å². The fraction of sp³-hybridized carbons (Fsp3) is 0.143. The second kappa shape index (κ2) is 1.95. The molecule has 0 aromatic carbocycles. The predicted octanol–water partition coefficient (Wildman–Crippen LogP) is 0.282. The van der Waals surface area contributed by atoms with Crippen LogP contribution in [0.1, 0.15) is 5.56 Å². The number of carbonyl (C=O) groups excluding carboxylic acids is 1. The highest BCUT2D eigenvalue weighted by atomic mass is 16.3. The molecule has 0 bridgehead atoms. The Morgan fingerprint density at radius 3 is 3.27 bits per heavy atom. The van der Waals surface area contributed by atoms with Crippen LogP contribution >= 0.6 is 0 Å². The zero-order chi connectivity index (χ0) is 7.84. The summed E-state index contributed by atoms with van der Waals surface area (Å²) in [6, 6.07) is 1.54. The normalized spacial score (nSPS) is 14.4. The Labute approximate surface area is 62.9 Å². The van der Waals surface area contributed by atoms with Gasteiger partial charge in [-0.05, 0) is 6.07 Å². The van der Waals surface area contributed by atoms with Gasteiger partial charge in [0.15, 0.2) is 0 Å². The lowest BCUT2D eigenvalue weighted by molar-refractivity contribution is -0.115. The molecule has 2 heterocycles. The maximum absolute atomic E-state index is 10.8. The molecule has 0 saturated carbocycles. The van der Waals surface area contributed by atoms with Crippen LogP contribution in [0.15, 0.2) is 12.3 Å². The molecular weight excluding hydrogens is 144 g/mol. The summed E-state index contributed by atoms with van der Waals surface area (Å²) < 4.78 is 0. The molecule has 0 aliphatic carbocycles. The van der Waals surface area contributed by atoms with Gasteiger partial charge in [-0.1, -0.05) is 0 Å². The second-order valence-corrected chi connectivity index (χ2v) is 2.43. The number of pyridine rings is 1. The number of nitrogens with zero attached hydrogens (tertiary/aromatic N) is 1. The number of aromatic nitrogens is 1. The number of hydrogen-bond donors (Lipinski definition) is 2. The Morgan fingerprint density at radius 2 is 2.45 bits per heavy atom. The summed E-state index contributed by atoms with van der Waals surface area (Å²) in [7, 11) is 0. The lowest BCUT2D eigenvalue weighted by Gasteiger charge is -1.95. The van der Waals surface area contributed by atoms with E-state index in [1.54, 1.807) is 6.07 Å². The standard InChI is InChI=1S/C7H6N2O2/c10-5-1-4-2-6(11)9-7(4)8-3-5/h1,3,10H,2H2,(H,8,9,11). The van der Waals surface area contributed by atoms with E-state index >= 15 is 0 Å². The van der Waals surface area contributed by atoms with Crippen LogP contribution in [0.5, 0.6) is 5.75 Å². The monoisotopic (exact) mass is 150 g/mol. The molecule has 4 heteroatoms. The van der Waals surface area contributed by atoms with E-state index in [1.807, 2.05) is 0 Å². The summed E-state index contributed by atoms with van der Waals surface area (Å²) in [5, 5.41) is 11.5. The molecule has 1 aromatic heterocycles. The molecule has 1 amide bonds. The minimum atomic E-state index is -0.0712. The second-order valence-electron chi connectivity index (χ2n) is 2.43. The lowest BCUT2D eigenvalue weighted by Crippen LogP contribution is -2.04. The summed E-state index contributed by atoms with van der Waals surface area (Å²) in [5.74, 6) is 0.589. The van der Waals surface area contributed by atoms with E-state index in [9.17, 15) is 4.79 Å². The molecule has 0 atom stereocenters. The molecule has 1 aliphatic rings. The Bertz CT molecular complexity index is 322. The van der Waals surface area contributed by atoms with Crippen LogP contribution in [-0.2, 0) is 11.2 Å². The maximum atomic E-state index is 10.8.